The Kier molecular flexibility index (Phi) is 2.73. The summed E-state index contributed by atoms with van der Waals surface area (Å²) in [4.78, 5) is 4.44. The van der Waals surface area contributed by atoms with Crippen molar-refractivity contribution in [2.75, 3.05) is 0 Å². The van der Waals surface area contributed by atoms with Crippen LogP contribution in [0.4, 0.5) is 0 Å². The molecule has 0 aliphatic heterocycles. The van der Waals surface area contributed by atoms with E-state index in [4.69, 9.17) is 4.42 Å². The number of para-hydroxylation sites is 2. The molecule has 0 radical (unpaired) electrons. The minimum absolute atomic E-state index is 0.150. The van der Waals surface area contributed by atoms with Crippen molar-refractivity contribution < 1.29 is 10.2 Å². The smallest absolute Gasteiger partial charge is 0.254 e. The van der Waals surface area contributed by atoms with Crippen molar-refractivity contribution in [2.24, 2.45) is 5.92 Å². The van der Waals surface area contributed by atoms with Crippen molar-refractivity contribution >= 4 is 11.1 Å². The van der Waals surface area contributed by atoms with E-state index in [0.717, 1.165) is 23.4 Å². The summed E-state index contributed by atoms with van der Waals surface area (Å²) >= 11 is 0. The Bertz CT molecular complexity index is 415. The van der Waals surface area contributed by atoms with Gasteiger partial charge in [0, 0.05) is 6.42 Å². The molecule has 0 amide bonds. The van der Waals surface area contributed by atoms with Crippen molar-refractivity contribution in [2.45, 2.75) is 26.3 Å². The third kappa shape index (κ3) is 2.18. The number of aromatic nitrogens is 1. The van der Waals surface area contributed by atoms with E-state index in [9.17, 15) is 0 Å². The van der Waals surface area contributed by atoms with Crippen molar-refractivity contribution in [3.8, 4) is 0 Å². The Morgan fingerprint density at radius 1 is 1.33 bits per heavy atom. The standard InChI is InChI=1S/C12H16N2O/c1-8(2)7-9(13)12-14-10-5-3-4-6-11(10)15-12/h3-6,8-9H,7,13H2,1-2H3/p+1/t9-/m1/s1. The van der Waals surface area contributed by atoms with Crippen LogP contribution in [-0.2, 0) is 0 Å². The first-order chi connectivity index (χ1) is 7.16. The zero-order valence-corrected chi connectivity index (χ0v) is 9.23. The van der Waals surface area contributed by atoms with E-state index in [0.29, 0.717) is 5.92 Å². The molecule has 0 saturated carbocycles. The minimum Gasteiger partial charge on any atom is -0.435 e. The molecule has 1 aromatic heterocycles. The molecule has 3 N–H and O–H groups in total. The van der Waals surface area contributed by atoms with Gasteiger partial charge in [0.05, 0.1) is 0 Å². The first-order valence-corrected chi connectivity index (χ1v) is 5.35. The predicted molar refractivity (Wildman–Crippen MR) is 59.1 cm³/mol. The van der Waals surface area contributed by atoms with Gasteiger partial charge in [0.1, 0.15) is 5.52 Å². The third-order valence-corrected chi connectivity index (χ3v) is 2.42. The van der Waals surface area contributed by atoms with Gasteiger partial charge in [-0.25, -0.2) is 4.98 Å². The Hall–Kier alpha value is -1.35. The zero-order chi connectivity index (χ0) is 10.8. The van der Waals surface area contributed by atoms with Crippen LogP contribution in [0.1, 0.15) is 32.2 Å². The molecule has 0 bridgehead atoms. The highest BCUT2D eigenvalue weighted by atomic mass is 16.3. The first-order valence-electron chi connectivity index (χ1n) is 5.35. The van der Waals surface area contributed by atoms with E-state index < -0.39 is 0 Å². The average molecular weight is 205 g/mol. The lowest BCUT2D eigenvalue weighted by Gasteiger charge is -2.06. The van der Waals surface area contributed by atoms with E-state index >= 15 is 0 Å². The number of rotatable bonds is 3. The van der Waals surface area contributed by atoms with Crippen LogP contribution in [-0.4, -0.2) is 4.98 Å². The molecule has 3 heteroatoms. The van der Waals surface area contributed by atoms with Crippen LogP contribution in [0.2, 0.25) is 0 Å². The average Bonchev–Trinajstić information content (AvgIpc) is 2.59. The van der Waals surface area contributed by atoms with Crippen LogP contribution in [0, 0.1) is 5.92 Å². The van der Waals surface area contributed by atoms with Crippen LogP contribution < -0.4 is 5.73 Å². The topological polar surface area (TPSA) is 53.7 Å². The molecule has 15 heavy (non-hydrogen) atoms. The highest BCUT2D eigenvalue weighted by Gasteiger charge is 2.18. The second kappa shape index (κ2) is 4.03. The third-order valence-electron chi connectivity index (χ3n) is 2.42. The maximum absolute atomic E-state index is 5.66. The number of quaternary nitrogens is 1. The van der Waals surface area contributed by atoms with E-state index in [2.05, 4.69) is 24.6 Å². The van der Waals surface area contributed by atoms with Crippen LogP contribution in [0.15, 0.2) is 28.7 Å². The summed E-state index contributed by atoms with van der Waals surface area (Å²) in [6, 6.07) is 7.98. The molecule has 0 aliphatic rings. The molecule has 3 nitrogen and oxygen atoms in total. The van der Waals surface area contributed by atoms with E-state index in [1.165, 1.54) is 0 Å². The molecule has 0 spiro atoms. The summed E-state index contributed by atoms with van der Waals surface area (Å²) < 4.78 is 5.66. The first kappa shape index (κ1) is 10.2. The van der Waals surface area contributed by atoms with Gasteiger partial charge in [-0.3, -0.25) is 0 Å². The van der Waals surface area contributed by atoms with Crippen LogP contribution >= 0.6 is 0 Å². The largest absolute Gasteiger partial charge is 0.435 e. The highest BCUT2D eigenvalue weighted by molar-refractivity contribution is 5.72. The number of oxazole rings is 1. The molecule has 0 saturated heterocycles. The van der Waals surface area contributed by atoms with Gasteiger partial charge in [-0.05, 0) is 18.1 Å². The summed E-state index contributed by atoms with van der Waals surface area (Å²) in [5.74, 6) is 1.37. The molecule has 0 fully saturated rings. The van der Waals surface area contributed by atoms with Gasteiger partial charge < -0.3 is 10.2 Å². The quantitative estimate of drug-likeness (QED) is 0.834. The van der Waals surface area contributed by atoms with Crippen LogP contribution in [0.25, 0.3) is 11.1 Å². The lowest BCUT2D eigenvalue weighted by molar-refractivity contribution is -0.434. The van der Waals surface area contributed by atoms with Crippen LogP contribution in [0.5, 0.6) is 0 Å². The van der Waals surface area contributed by atoms with E-state index in [-0.39, 0.29) is 6.04 Å². The second-order valence-corrected chi connectivity index (χ2v) is 4.35. The number of fused-ring (bicyclic) bond motifs is 1. The SMILES string of the molecule is CC(C)C[C@@H]([NH3+])c1nc2ccccc2o1. The molecule has 2 aromatic rings. The molecular weight excluding hydrogens is 188 g/mol. The van der Waals surface area contributed by atoms with Crippen molar-refractivity contribution in [1.82, 2.24) is 4.98 Å². The molecule has 0 aliphatic carbocycles. The molecule has 1 atom stereocenters. The maximum Gasteiger partial charge on any atom is 0.254 e. The summed E-state index contributed by atoms with van der Waals surface area (Å²) in [7, 11) is 0. The number of hydrogen-bond donors (Lipinski definition) is 1. The fraction of sp³-hybridized carbons (Fsp3) is 0.417. The van der Waals surface area contributed by atoms with E-state index in [1.54, 1.807) is 0 Å². The van der Waals surface area contributed by atoms with E-state index in [1.807, 2.05) is 24.3 Å². The minimum atomic E-state index is 0.150. The van der Waals surface area contributed by atoms with Gasteiger partial charge in [0.25, 0.3) is 5.89 Å². The molecular formula is C12H17N2O+. The molecule has 1 aromatic carbocycles. The monoisotopic (exact) mass is 205 g/mol. The molecule has 2 rings (SSSR count). The fourth-order valence-electron chi connectivity index (χ4n) is 1.73. The zero-order valence-electron chi connectivity index (χ0n) is 9.23. The predicted octanol–water partition coefficient (Wildman–Crippen LogP) is 2.16. The van der Waals surface area contributed by atoms with Gasteiger partial charge >= 0.3 is 0 Å². The van der Waals surface area contributed by atoms with Crippen molar-refractivity contribution in [3.05, 3.63) is 30.2 Å². The molecule has 1 heterocycles. The summed E-state index contributed by atoms with van der Waals surface area (Å²) in [5.41, 5.74) is 5.86. The lowest BCUT2D eigenvalue weighted by atomic mass is 10.0. The molecule has 0 unspecified atom stereocenters. The Morgan fingerprint density at radius 2 is 2.07 bits per heavy atom. The summed E-state index contributed by atoms with van der Waals surface area (Å²) in [6.07, 6.45) is 1.01. The van der Waals surface area contributed by atoms with Gasteiger partial charge in [0.15, 0.2) is 11.6 Å². The normalized spacial score (nSPS) is 13.6. The molecule has 80 valence electrons. The number of benzene rings is 1. The summed E-state index contributed by atoms with van der Waals surface area (Å²) in [6.45, 7) is 4.36. The number of nitrogens with zero attached hydrogens (tertiary/aromatic N) is 1. The van der Waals surface area contributed by atoms with Crippen molar-refractivity contribution in [3.63, 3.8) is 0 Å². The highest BCUT2D eigenvalue weighted by Crippen LogP contribution is 2.21. The lowest BCUT2D eigenvalue weighted by Crippen LogP contribution is -2.54. The Balaban J connectivity index is 2.28. The summed E-state index contributed by atoms with van der Waals surface area (Å²) in [5, 5.41) is 0. The van der Waals surface area contributed by atoms with Gasteiger partial charge in [-0.15, -0.1) is 0 Å². The fourth-order valence-corrected chi connectivity index (χ4v) is 1.73. The maximum atomic E-state index is 5.66. The van der Waals surface area contributed by atoms with Crippen molar-refractivity contribution in [1.29, 1.82) is 0 Å². The van der Waals surface area contributed by atoms with Crippen LogP contribution in [0.3, 0.4) is 0 Å². The second-order valence-electron chi connectivity index (χ2n) is 4.35. The Morgan fingerprint density at radius 3 is 2.73 bits per heavy atom. The van der Waals surface area contributed by atoms with Gasteiger partial charge in [-0.2, -0.15) is 0 Å². The number of hydrogen-bond acceptors (Lipinski definition) is 2. The van der Waals surface area contributed by atoms with Gasteiger partial charge in [-0.1, -0.05) is 26.0 Å². The van der Waals surface area contributed by atoms with Gasteiger partial charge in [0.2, 0.25) is 0 Å². The Labute approximate surface area is 89.3 Å².